The van der Waals surface area contributed by atoms with Crippen LogP contribution in [0.25, 0.3) is 6.08 Å². The zero-order valence-corrected chi connectivity index (χ0v) is 11.8. The molecule has 0 aromatic carbocycles. The minimum Gasteiger partial charge on any atom is -0.480 e. The molecule has 0 saturated carbocycles. The van der Waals surface area contributed by atoms with Crippen LogP contribution in [0.1, 0.15) is 23.3 Å². The van der Waals surface area contributed by atoms with E-state index in [1.165, 1.54) is 17.4 Å². The first kappa shape index (κ1) is 15.9. The smallest absolute Gasteiger partial charge is 0.326 e. The molecule has 0 aliphatic carbocycles. The third-order valence-corrected chi connectivity index (χ3v) is 3.57. The molecule has 0 saturated heterocycles. The van der Waals surface area contributed by atoms with E-state index in [1.807, 2.05) is 18.4 Å². The standard InChI is InChI=1S/C13H16N2O4S/c1-8-6-7-20-10(8)3-5-12(17)15-9(13(18)19)2-4-11(14)16/h3,5-7,9H,2,4H2,1H3,(H2,14,16)(H,15,17)(H,18,19)/b5-3+/t9-/m0/s1. The fraction of sp³-hybridized carbons (Fsp3) is 0.308. The van der Waals surface area contributed by atoms with Crippen molar-refractivity contribution in [3.8, 4) is 0 Å². The van der Waals surface area contributed by atoms with Gasteiger partial charge in [-0.25, -0.2) is 4.79 Å². The number of carbonyl (C=O) groups excluding carboxylic acids is 2. The van der Waals surface area contributed by atoms with Gasteiger partial charge in [0, 0.05) is 17.4 Å². The van der Waals surface area contributed by atoms with Gasteiger partial charge in [0.15, 0.2) is 0 Å². The van der Waals surface area contributed by atoms with Crippen LogP contribution in [-0.4, -0.2) is 28.9 Å². The third-order valence-electron chi connectivity index (χ3n) is 2.58. The minimum absolute atomic E-state index is 0.0255. The van der Waals surface area contributed by atoms with Crippen LogP contribution in [0.15, 0.2) is 17.5 Å². The van der Waals surface area contributed by atoms with Gasteiger partial charge in [-0.3, -0.25) is 9.59 Å². The summed E-state index contributed by atoms with van der Waals surface area (Å²) >= 11 is 1.49. The molecule has 1 aromatic rings. The summed E-state index contributed by atoms with van der Waals surface area (Å²) in [5.74, 6) is -2.31. The molecule has 0 aliphatic heterocycles. The lowest BCUT2D eigenvalue weighted by Crippen LogP contribution is -2.40. The number of hydrogen-bond donors (Lipinski definition) is 3. The minimum atomic E-state index is -1.19. The number of carbonyl (C=O) groups is 3. The molecule has 1 aromatic heterocycles. The number of aliphatic carboxylic acids is 1. The molecule has 4 N–H and O–H groups in total. The van der Waals surface area contributed by atoms with Crippen LogP contribution in [0.3, 0.4) is 0 Å². The van der Waals surface area contributed by atoms with Gasteiger partial charge in [-0.05, 0) is 36.4 Å². The second kappa shape index (κ2) is 7.44. The molecule has 108 valence electrons. The van der Waals surface area contributed by atoms with E-state index in [-0.39, 0.29) is 12.8 Å². The highest BCUT2D eigenvalue weighted by Crippen LogP contribution is 2.16. The Morgan fingerprint density at radius 3 is 2.70 bits per heavy atom. The van der Waals surface area contributed by atoms with Crippen LogP contribution in [-0.2, 0) is 14.4 Å². The van der Waals surface area contributed by atoms with E-state index in [4.69, 9.17) is 10.8 Å². The molecule has 0 unspecified atom stereocenters. The van der Waals surface area contributed by atoms with Gasteiger partial charge in [0.2, 0.25) is 11.8 Å². The zero-order chi connectivity index (χ0) is 15.1. The predicted molar refractivity (Wildman–Crippen MR) is 76.1 cm³/mol. The highest BCUT2D eigenvalue weighted by atomic mass is 32.1. The monoisotopic (exact) mass is 296 g/mol. The number of nitrogens with two attached hydrogens (primary N) is 1. The van der Waals surface area contributed by atoms with Gasteiger partial charge in [-0.2, -0.15) is 0 Å². The largest absolute Gasteiger partial charge is 0.480 e. The highest BCUT2D eigenvalue weighted by Gasteiger charge is 2.19. The average Bonchev–Trinajstić information content (AvgIpc) is 2.77. The second-order valence-corrected chi connectivity index (χ2v) is 5.15. The van der Waals surface area contributed by atoms with Crippen LogP contribution < -0.4 is 11.1 Å². The summed E-state index contributed by atoms with van der Waals surface area (Å²) in [6, 6.07) is 0.805. The summed E-state index contributed by atoms with van der Waals surface area (Å²) in [5.41, 5.74) is 6.00. The zero-order valence-electron chi connectivity index (χ0n) is 11.0. The Kier molecular flexibility index (Phi) is 5.92. The molecule has 0 radical (unpaired) electrons. The van der Waals surface area contributed by atoms with Crippen LogP contribution in [0.4, 0.5) is 0 Å². The summed E-state index contributed by atoms with van der Waals surface area (Å²) in [7, 11) is 0. The normalized spacial score (nSPS) is 12.2. The number of hydrogen-bond acceptors (Lipinski definition) is 4. The molecule has 6 nitrogen and oxygen atoms in total. The lowest BCUT2D eigenvalue weighted by molar-refractivity contribution is -0.141. The van der Waals surface area contributed by atoms with Crippen LogP contribution >= 0.6 is 11.3 Å². The van der Waals surface area contributed by atoms with E-state index in [0.717, 1.165) is 10.4 Å². The SMILES string of the molecule is Cc1ccsc1/C=C/C(=O)N[C@@H](CCC(N)=O)C(=O)O. The van der Waals surface area contributed by atoms with Gasteiger partial charge in [-0.15, -0.1) is 11.3 Å². The molecule has 1 heterocycles. The molecule has 0 spiro atoms. The van der Waals surface area contributed by atoms with Crippen LogP contribution in [0.2, 0.25) is 0 Å². The molecule has 7 heteroatoms. The molecule has 2 amide bonds. The number of carboxylic acids is 1. The van der Waals surface area contributed by atoms with E-state index in [0.29, 0.717) is 0 Å². The van der Waals surface area contributed by atoms with Crippen molar-refractivity contribution in [2.75, 3.05) is 0 Å². The van der Waals surface area contributed by atoms with E-state index < -0.39 is 23.8 Å². The van der Waals surface area contributed by atoms with Crippen molar-refractivity contribution in [2.24, 2.45) is 5.73 Å². The maximum absolute atomic E-state index is 11.6. The Morgan fingerprint density at radius 1 is 1.50 bits per heavy atom. The first-order chi connectivity index (χ1) is 9.40. The van der Waals surface area contributed by atoms with Crippen molar-refractivity contribution < 1.29 is 19.5 Å². The maximum atomic E-state index is 11.6. The van der Waals surface area contributed by atoms with Crippen molar-refractivity contribution in [3.63, 3.8) is 0 Å². The summed E-state index contributed by atoms with van der Waals surface area (Å²) in [6.07, 6.45) is 2.79. The van der Waals surface area contributed by atoms with Crippen molar-refractivity contribution in [1.82, 2.24) is 5.32 Å². The number of amides is 2. The van der Waals surface area contributed by atoms with Crippen LogP contribution in [0.5, 0.6) is 0 Å². The summed E-state index contributed by atoms with van der Waals surface area (Å²) in [6.45, 7) is 1.92. The fourth-order valence-electron chi connectivity index (χ4n) is 1.47. The Hall–Kier alpha value is -2.15. The summed E-state index contributed by atoms with van der Waals surface area (Å²) in [4.78, 5) is 34.2. The van der Waals surface area contributed by atoms with Gasteiger partial charge in [-0.1, -0.05) is 0 Å². The number of thiophene rings is 1. The van der Waals surface area contributed by atoms with Crippen molar-refractivity contribution in [1.29, 1.82) is 0 Å². The van der Waals surface area contributed by atoms with E-state index in [9.17, 15) is 14.4 Å². The van der Waals surface area contributed by atoms with Gasteiger partial charge < -0.3 is 16.2 Å². The number of primary amides is 1. The maximum Gasteiger partial charge on any atom is 0.326 e. The third kappa shape index (κ3) is 5.23. The second-order valence-electron chi connectivity index (χ2n) is 4.21. The summed E-state index contributed by atoms with van der Waals surface area (Å²) in [5, 5.41) is 13.2. The molecule has 1 rings (SSSR count). The van der Waals surface area contributed by atoms with E-state index >= 15 is 0 Å². The Bertz CT molecular complexity index is 536. The van der Waals surface area contributed by atoms with Gasteiger partial charge >= 0.3 is 5.97 Å². The summed E-state index contributed by atoms with van der Waals surface area (Å²) < 4.78 is 0. The first-order valence-electron chi connectivity index (χ1n) is 5.94. The van der Waals surface area contributed by atoms with Crippen LogP contribution in [0, 0.1) is 6.92 Å². The average molecular weight is 296 g/mol. The Balaban J connectivity index is 2.58. The van der Waals surface area contributed by atoms with Crippen molar-refractivity contribution in [3.05, 3.63) is 28.0 Å². The number of rotatable bonds is 7. The molecule has 0 fully saturated rings. The van der Waals surface area contributed by atoms with Gasteiger partial charge in [0.05, 0.1) is 0 Å². The number of aryl methyl sites for hydroxylation is 1. The Labute approximate surface area is 120 Å². The molecule has 0 aliphatic rings. The fourth-order valence-corrected chi connectivity index (χ4v) is 2.29. The first-order valence-corrected chi connectivity index (χ1v) is 6.82. The lowest BCUT2D eigenvalue weighted by atomic mass is 10.1. The van der Waals surface area contributed by atoms with E-state index in [1.54, 1.807) is 6.08 Å². The van der Waals surface area contributed by atoms with E-state index in [2.05, 4.69) is 5.32 Å². The number of carboxylic acid groups (broad SMARTS) is 1. The molecular weight excluding hydrogens is 280 g/mol. The molecular formula is C13H16N2O4S. The molecule has 20 heavy (non-hydrogen) atoms. The predicted octanol–water partition coefficient (Wildman–Crippen LogP) is 0.905. The number of nitrogens with one attached hydrogen (secondary N) is 1. The van der Waals surface area contributed by atoms with Gasteiger partial charge in [0.1, 0.15) is 6.04 Å². The molecule has 0 bridgehead atoms. The highest BCUT2D eigenvalue weighted by molar-refractivity contribution is 7.11. The Morgan fingerprint density at radius 2 is 2.20 bits per heavy atom. The topological polar surface area (TPSA) is 109 Å². The van der Waals surface area contributed by atoms with Crippen molar-refractivity contribution >= 4 is 35.2 Å². The lowest BCUT2D eigenvalue weighted by Gasteiger charge is -2.11. The quantitative estimate of drug-likeness (QED) is 0.649. The van der Waals surface area contributed by atoms with Crippen molar-refractivity contribution in [2.45, 2.75) is 25.8 Å². The molecule has 1 atom stereocenters. The van der Waals surface area contributed by atoms with Gasteiger partial charge in [0.25, 0.3) is 0 Å².